The zero-order valence-electron chi connectivity index (χ0n) is 20.2. The summed E-state index contributed by atoms with van der Waals surface area (Å²) in [7, 11) is 1.43. The number of nitrogens with zero attached hydrogens (tertiary/aromatic N) is 4. The number of nitrogens with one attached hydrogen (secondary N) is 1. The van der Waals surface area contributed by atoms with Gasteiger partial charge in [-0.15, -0.1) is 0 Å². The number of ether oxygens (including phenoxy) is 2. The second-order valence-corrected chi connectivity index (χ2v) is 9.59. The van der Waals surface area contributed by atoms with Crippen LogP contribution in [-0.4, -0.2) is 116 Å². The number of methoxy groups -OCH3 is 1. The first-order valence-electron chi connectivity index (χ1n) is 12.5. The van der Waals surface area contributed by atoms with Crippen LogP contribution in [0.25, 0.3) is 0 Å². The standard InChI is InChI=1S/C23H42N6O4/c1-32-21(30)6-4-9-26-13-15-27(16-14-26)17-20-18-29(23(31)33-20)10-3-2-5-19-7-11-28(12-8-19)22(24)25/h19-20H,2-18H2,1H3,(H3,24,25). The van der Waals surface area contributed by atoms with Crippen molar-refractivity contribution in [1.82, 2.24) is 19.6 Å². The van der Waals surface area contributed by atoms with Crippen LogP contribution in [-0.2, 0) is 14.3 Å². The molecule has 3 N–H and O–H groups in total. The molecule has 3 saturated heterocycles. The molecule has 0 aromatic rings. The Morgan fingerprint density at radius 1 is 1.06 bits per heavy atom. The topological polar surface area (TPSA) is 115 Å². The van der Waals surface area contributed by atoms with E-state index in [0.717, 1.165) is 91.0 Å². The molecule has 0 bridgehead atoms. The first kappa shape index (κ1) is 25.6. The van der Waals surface area contributed by atoms with Gasteiger partial charge < -0.3 is 29.9 Å². The van der Waals surface area contributed by atoms with Crippen molar-refractivity contribution in [3.63, 3.8) is 0 Å². The maximum atomic E-state index is 12.3. The molecular formula is C23H42N6O4. The van der Waals surface area contributed by atoms with Crippen LogP contribution in [0.4, 0.5) is 4.79 Å². The summed E-state index contributed by atoms with van der Waals surface area (Å²) in [6.07, 6.45) is 6.62. The third-order valence-electron chi connectivity index (χ3n) is 7.20. The van der Waals surface area contributed by atoms with Crippen molar-refractivity contribution >= 4 is 18.0 Å². The Labute approximate surface area is 197 Å². The van der Waals surface area contributed by atoms with E-state index in [1.54, 1.807) is 0 Å². The number of esters is 1. The molecule has 0 aliphatic carbocycles. The number of rotatable bonds is 11. The van der Waals surface area contributed by atoms with Crippen molar-refractivity contribution in [3.05, 3.63) is 0 Å². The number of guanidine groups is 1. The lowest BCUT2D eigenvalue weighted by atomic mass is 9.91. The predicted octanol–water partition coefficient (Wildman–Crippen LogP) is 1.15. The van der Waals surface area contributed by atoms with E-state index >= 15 is 0 Å². The van der Waals surface area contributed by atoms with E-state index in [1.807, 2.05) is 9.80 Å². The summed E-state index contributed by atoms with van der Waals surface area (Å²) < 4.78 is 10.3. The average molecular weight is 467 g/mol. The monoisotopic (exact) mass is 466 g/mol. The van der Waals surface area contributed by atoms with Gasteiger partial charge >= 0.3 is 12.1 Å². The van der Waals surface area contributed by atoms with Crippen molar-refractivity contribution in [2.45, 2.75) is 51.0 Å². The van der Waals surface area contributed by atoms with Gasteiger partial charge in [0.2, 0.25) is 0 Å². The third kappa shape index (κ3) is 8.33. The molecule has 3 heterocycles. The van der Waals surface area contributed by atoms with E-state index in [9.17, 15) is 9.59 Å². The minimum absolute atomic E-state index is 0.0423. The maximum absolute atomic E-state index is 12.3. The molecule has 10 heteroatoms. The minimum Gasteiger partial charge on any atom is -0.469 e. The predicted molar refractivity (Wildman–Crippen MR) is 126 cm³/mol. The van der Waals surface area contributed by atoms with E-state index < -0.39 is 0 Å². The van der Waals surface area contributed by atoms with Crippen molar-refractivity contribution in [2.24, 2.45) is 11.7 Å². The number of hydrogen-bond acceptors (Lipinski definition) is 7. The zero-order chi connectivity index (χ0) is 23.6. The molecule has 3 fully saturated rings. The maximum Gasteiger partial charge on any atom is 0.410 e. The average Bonchev–Trinajstić information content (AvgIpc) is 3.16. The highest BCUT2D eigenvalue weighted by Gasteiger charge is 2.32. The molecule has 3 aliphatic heterocycles. The summed E-state index contributed by atoms with van der Waals surface area (Å²) in [6, 6.07) is 0. The summed E-state index contributed by atoms with van der Waals surface area (Å²) in [6.45, 7) is 8.86. The van der Waals surface area contributed by atoms with E-state index in [0.29, 0.717) is 18.9 Å². The summed E-state index contributed by atoms with van der Waals surface area (Å²) in [5.41, 5.74) is 5.57. The fraction of sp³-hybridized carbons (Fsp3) is 0.870. The first-order chi connectivity index (χ1) is 15.9. The molecule has 0 saturated carbocycles. The highest BCUT2D eigenvalue weighted by molar-refractivity contribution is 5.74. The highest BCUT2D eigenvalue weighted by Crippen LogP contribution is 2.23. The third-order valence-corrected chi connectivity index (χ3v) is 7.20. The fourth-order valence-electron chi connectivity index (χ4n) is 5.08. The molecule has 1 unspecified atom stereocenters. The van der Waals surface area contributed by atoms with Crippen LogP contribution in [0.15, 0.2) is 0 Å². The lowest BCUT2D eigenvalue weighted by Crippen LogP contribution is -2.49. The van der Waals surface area contributed by atoms with Gasteiger partial charge in [-0.05, 0) is 38.1 Å². The second-order valence-electron chi connectivity index (χ2n) is 9.59. The van der Waals surface area contributed by atoms with Gasteiger partial charge in [0.25, 0.3) is 0 Å². The molecule has 10 nitrogen and oxygen atoms in total. The van der Waals surface area contributed by atoms with Gasteiger partial charge in [0.1, 0.15) is 6.10 Å². The van der Waals surface area contributed by atoms with Crippen LogP contribution in [0, 0.1) is 11.3 Å². The number of amides is 1. The Morgan fingerprint density at radius 2 is 1.76 bits per heavy atom. The van der Waals surface area contributed by atoms with Gasteiger partial charge in [-0.25, -0.2) is 4.79 Å². The Kier molecular flexibility index (Phi) is 10.1. The molecule has 3 aliphatic rings. The molecule has 0 radical (unpaired) electrons. The van der Waals surface area contributed by atoms with Gasteiger partial charge in [0, 0.05) is 58.8 Å². The number of cyclic esters (lactones) is 1. The molecule has 188 valence electrons. The number of likely N-dealkylation sites (tertiary alicyclic amines) is 1. The van der Waals surface area contributed by atoms with Crippen molar-refractivity contribution in [3.8, 4) is 0 Å². The van der Waals surface area contributed by atoms with Gasteiger partial charge in [0.15, 0.2) is 5.96 Å². The van der Waals surface area contributed by atoms with Crippen LogP contribution in [0.5, 0.6) is 0 Å². The van der Waals surface area contributed by atoms with E-state index in [2.05, 4.69) is 9.80 Å². The highest BCUT2D eigenvalue weighted by atomic mass is 16.6. The Balaban J connectivity index is 1.24. The Bertz CT molecular complexity index is 647. The quantitative estimate of drug-likeness (QED) is 0.202. The SMILES string of the molecule is COC(=O)CCCN1CCN(CC2CN(CCCCC3CCN(C(=N)N)CC3)C(=O)O2)CC1. The summed E-state index contributed by atoms with van der Waals surface area (Å²) in [4.78, 5) is 32.1. The van der Waals surface area contributed by atoms with Crippen LogP contribution in [0.3, 0.4) is 0 Å². The normalized spacial score (nSPS) is 23.1. The Morgan fingerprint density at radius 3 is 2.42 bits per heavy atom. The van der Waals surface area contributed by atoms with E-state index in [1.165, 1.54) is 13.5 Å². The smallest absolute Gasteiger partial charge is 0.410 e. The number of nitrogens with two attached hydrogens (primary N) is 1. The fourth-order valence-corrected chi connectivity index (χ4v) is 5.08. The van der Waals surface area contributed by atoms with Gasteiger partial charge in [-0.1, -0.05) is 12.8 Å². The Hall–Kier alpha value is -2.07. The molecule has 1 amide bonds. The number of carbonyl (C=O) groups is 2. The molecule has 0 aromatic carbocycles. The van der Waals surface area contributed by atoms with Crippen LogP contribution < -0.4 is 5.73 Å². The van der Waals surface area contributed by atoms with Gasteiger partial charge in [-0.3, -0.25) is 15.1 Å². The molecule has 0 aromatic heterocycles. The van der Waals surface area contributed by atoms with Gasteiger partial charge in [-0.2, -0.15) is 0 Å². The van der Waals surface area contributed by atoms with Crippen molar-refractivity contribution in [2.75, 3.05) is 72.6 Å². The number of hydrogen-bond donors (Lipinski definition) is 2. The lowest BCUT2D eigenvalue weighted by Gasteiger charge is -2.35. The summed E-state index contributed by atoms with van der Waals surface area (Å²) >= 11 is 0. The second kappa shape index (κ2) is 13.0. The minimum atomic E-state index is -0.170. The number of piperidine rings is 1. The van der Waals surface area contributed by atoms with Crippen LogP contribution in [0.2, 0.25) is 0 Å². The van der Waals surface area contributed by atoms with Crippen molar-refractivity contribution in [1.29, 1.82) is 5.41 Å². The van der Waals surface area contributed by atoms with E-state index in [-0.39, 0.29) is 24.1 Å². The lowest BCUT2D eigenvalue weighted by molar-refractivity contribution is -0.140. The largest absolute Gasteiger partial charge is 0.469 e. The van der Waals surface area contributed by atoms with Crippen LogP contribution in [0.1, 0.15) is 44.9 Å². The summed E-state index contributed by atoms with van der Waals surface area (Å²) in [5.74, 6) is 0.752. The van der Waals surface area contributed by atoms with Crippen LogP contribution >= 0.6 is 0 Å². The zero-order valence-corrected chi connectivity index (χ0v) is 20.2. The van der Waals surface area contributed by atoms with Crippen molar-refractivity contribution < 1.29 is 19.1 Å². The molecule has 33 heavy (non-hydrogen) atoms. The first-order valence-corrected chi connectivity index (χ1v) is 12.5. The molecule has 3 rings (SSSR count). The molecule has 0 spiro atoms. The molecular weight excluding hydrogens is 424 g/mol. The number of unbranched alkanes of at least 4 members (excludes halogenated alkanes) is 1. The number of carbonyl (C=O) groups excluding carboxylic acids is 2. The van der Waals surface area contributed by atoms with Gasteiger partial charge in [0.05, 0.1) is 13.7 Å². The molecule has 1 atom stereocenters. The van der Waals surface area contributed by atoms with E-state index in [4.69, 9.17) is 20.6 Å². The summed E-state index contributed by atoms with van der Waals surface area (Å²) in [5, 5.41) is 7.52. The number of piperazine rings is 1.